The van der Waals surface area contributed by atoms with Crippen molar-refractivity contribution >= 4 is 30.8 Å². The van der Waals surface area contributed by atoms with Crippen molar-refractivity contribution in [3.8, 4) is 22.5 Å². The fraction of sp³-hybridized carbons (Fsp3) is 0.421. The van der Waals surface area contributed by atoms with Crippen LogP contribution in [0, 0.1) is 11.7 Å². The van der Waals surface area contributed by atoms with Gasteiger partial charge in [-0.3, -0.25) is 0 Å². The molecule has 254 valence electrons. The molecule has 1 aromatic heterocycles. The summed E-state index contributed by atoms with van der Waals surface area (Å²) in [5.74, 6) is 0.656. The monoisotopic (exact) mass is 683 g/mol. The van der Waals surface area contributed by atoms with E-state index in [0.29, 0.717) is 19.3 Å². The van der Waals surface area contributed by atoms with Gasteiger partial charge in [0, 0.05) is 50.6 Å². The van der Waals surface area contributed by atoms with E-state index >= 15 is 0 Å². The number of ether oxygens (including phenoxy) is 2. The smallest absolute Gasteiger partial charge is 0.332 e. The van der Waals surface area contributed by atoms with Gasteiger partial charge in [-0.2, -0.15) is 0 Å². The van der Waals surface area contributed by atoms with Gasteiger partial charge in [0.2, 0.25) is 0 Å². The van der Waals surface area contributed by atoms with Gasteiger partial charge in [-0.1, -0.05) is 80.6 Å². The van der Waals surface area contributed by atoms with Crippen LogP contribution in [-0.4, -0.2) is 59.9 Å². The average molecular weight is 685 g/mol. The largest absolute Gasteiger partial charge is 0.457 e. The minimum absolute atomic E-state index is 0. The van der Waals surface area contributed by atoms with Crippen LogP contribution in [-0.2, 0) is 34.2 Å². The first-order chi connectivity index (χ1) is 21.7. The molecule has 0 fully saturated rings. The number of hydrogen-bond acceptors (Lipinski definition) is 5. The maximum atomic E-state index is 14.1. The number of benzene rings is 3. The Labute approximate surface area is 291 Å². The summed E-state index contributed by atoms with van der Waals surface area (Å²) in [6, 6.07) is 25.9. The van der Waals surface area contributed by atoms with Crippen LogP contribution < -0.4 is 0 Å². The number of fused-ring (bicyclic) bond motifs is 1. The number of methoxy groups -OCH3 is 1. The Morgan fingerprint density at radius 2 is 1.68 bits per heavy atom. The van der Waals surface area contributed by atoms with Crippen molar-refractivity contribution in [3.05, 3.63) is 102 Å². The zero-order valence-corrected chi connectivity index (χ0v) is 29.7. The molecule has 0 saturated carbocycles. The molecule has 0 saturated heterocycles. The van der Waals surface area contributed by atoms with Crippen LogP contribution >= 0.6 is 24.8 Å². The zero-order valence-electron chi connectivity index (χ0n) is 28.1. The molecule has 0 amide bonds. The van der Waals surface area contributed by atoms with E-state index in [4.69, 9.17) is 14.5 Å². The molecular formula is C38H48Cl2FN3O3. The molecule has 6 nitrogen and oxygen atoms in total. The van der Waals surface area contributed by atoms with Gasteiger partial charge in [0.25, 0.3) is 0 Å². The van der Waals surface area contributed by atoms with Crippen LogP contribution in [0.4, 0.5) is 4.39 Å². The van der Waals surface area contributed by atoms with Crippen molar-refractivity contribution in [2.45, 2.75) is 57.5 Å². The number of esters is 1. The summed E-state index contributed by atoms with van der Waals surface area (Å²) in [6.45, 7) is 5.88. The first-order valence-electron chi connectivity index (χ1n) is 16.1. The van der Waals surface area contributed by atoms with Crippen molar-refractivity contribution in [3.63, 3.8) is 0 Å². The molecule has 0 N–H and O–H groups in total. The highest BCUT2D eigenvalue weighted by molar-refractivity contribution is 5.85. The third-order valence-electron chi connectivity index (χ3n) is 9.21. The summed E-state index contributed by atoms with van der Waals surface area (Å²) >= 11 is 0. The highest BCUT2D eigenvalue weighted by Gasteiger charge is 2.47. The lowest BCUT2D eigenvalue weighted by Gasteiger charge is -2.47. The summed E-state index contributed by atoms with van der Waals surface area (Å²) in [6.07, 6.45) is 3.81. The number of carbonyl (C=O) groups excluding carboxylic acids is 1. The molecule has 2 atom stereocenters. The predicted octanol–water partition coefficient (Wildman–Crippen LogP) is 8.31. The summed E-state index contributed by atoms with van der Waals surface area (Å²) in [7, 11) is 5.75. The maximum Gasteiger partial charge on any atom is 0.332 e. The number of imidazole rings is 1. The number of carbonyl (C=O) groups is 1. The molecule has 1 aliphatic rings. The van der Waals surface area contributed by atoms with Crippen molar-refractivity contribution in [1.82, 2.24) is 14.5 Å². The molecule has 0 spiro atoms. The second kappa shape index (κ2) is 17.3. The Morgan fingerprint density at radius 3 is 2.32 bits per heavy atom. The van der Waals surface area contributed by atoms with Crippen molar-refractivity contribution in [2.75, 3.05) is 33.9 Å². The summed E-state index contributed by atoms with van der Waals surface area (Å²) in [4.78, 5) is 20.3. The number of nitrogens with zero attached hydrogens (tertiary/aromatic N) is 3. The Morgan fingerprint density at radius 1 is 1.02 bits per heavy atom. The van der Waals surface area contributed by atoms with E-state index < -0.39 is 5.60 Å². The molecule has 4 aromatic rings. The molecule has 1 heterocycles. The molecule has 1 aliphatic carbocycles. The van der Waals surface area contributed by atoms with E-state index in [1.807, 2.05) is 18.2 Å². The number of aryl methyl sites for hydroxylation is 2. The standard InChI is InChI=1S/C38H46FN3O3.2ClH/c1-27(2)35-32-19-18-31(39)25-30(32)20-21-38(35,45-34(43)26-44-5)22-24-41(3)23-12-17-33-40-36(28-13-8-6-9-14-28)37(42(33)4)29-15-10-7-11-16-29;;/h6-11,13-16,18-19,25,27,35H,12,17,20-24,26H2,1-5H3;2*1H/t35-,38-;;/m0../s1. The van der Waals surface area contributed by atoms with Gasteiger partial charge in [0.1, 0.15) is 23.8 Å². The highest BCUT2D eigenvalue weighted by atomic mass is 35.5. The number of halogens is 3. The lowest BCUT2D eigenvalue weighted by atomic mass is 9.65. The maximum absolute atomic E-state index is 14.1. The molecule has 0 unspecified atom stereocenters. The van der Waals surface area contributed by atoms with Gasteiger partial charge >= 0.3 is 5.97 Å². The number of rotatable bonds is 13. The number of aromatic nitrogens is 2. The third-order valence-corrected chi connectivity index (χ3v) is 9.21. The van der Waals surface area contributed by atoms with E-state index in [1.54, 1.807) is 6.07 Å². The topological polar surface area (TPSA) is 56.6 Å². The van der Waals surface area contributed by atoms with Crippen molar-refractivity contribution in [2.24, 2.45) is 13.0 Å². The molecule has 0 bridgehead atoms. The first-order valence-corrected chi connectivity index (χ1v) is 16.1. The molecule has 47 heavy (non-hydrogen) atoms. The van der Waals surface area contributed by atoms with Gasteiger partial charge < -0.3 is 18.9 Å². The van der Waals surface area contributed by atoms with Crippen LogP contribution in [0.5, 0.6) is 0 Å². The number of hydrogen-bond donors (Lipinski definition) is 0. The van der Waals surface area contributed by atoms with Crippen LogP contribution in [0.2, 0.25) is 0 Å². The average Bonchev–Trinajstić information content (AvgIpc) is 3.36. The molecule has 0 radical (unpaired) electrons. The third kappa shape index (κ3) is 8.82. The minimum Gasteiger partial charge on any atom is -0.457 e. The van der Waals surface area contributed by atoms with Gasteiger partial charge in [-0.05, 0) is 62.0 Å². The van der Waals surface area contributed by atoms with Gasteiger partial charge in [0.05, 0.1) is 11.4 Å². The second-order valence-electron chi connectivity index (χ2n) is 12.7. The van der Waals surface area contributed by atoms with E-state index in [0.717, 1.165) is 65.4 Å². The fourth-order valence-corrected chi connectivity index (χ4v) is 7.16. The Bertz CT molecular complexity index is 1580. The zero-order chi connectivity index (χ0) is 32.0. The Hall–Kier alpha value is -3.23. The van der Waals surface area contributed by atoms with Crippen LogP contribution in [0.15, 0.2) is 78.9 Å². The van der Waals surface area contributed by atoms with Gasteiger partial charge in [0.15, 0.2) is 0 Å². The molecule has 5 rings (SSSR count). The molecular weight excluding hydrogens is 636 g/mol. The van der Waals surface area contributed by atoms with E-state index in [-0.39, 0.29) is 55.0 Å². The minimum atomic E-state index is -0.683. The quantitative estimate of drug-likeness (QED) is 0.133. The highest BCUT2D eigenvalue weighted by Crippen LogP contribution is 2.48. The SMILES string of the molecule is COCC(=O)O[C@]1(CCN(C)CCCc2nc(-c3ccccc3)c(-c3ccccc3)n2C)CCc2cc(F)ccc2[C@@H]1C(C)C.Cl.Cl. The summed E-state index contributed by atoms with van der Waals surface area (Å²) in [5.41, 5.74) is 5.81. The lowest BCUT2D eigenvalue weighted by Crippen LogP contribution is -2.49. The van der Waals surface area contributed by atoms with E-state index in [2.05, 4.69) is 85.9 Å². The van der Waals surface area contributed by atoms with Gasteiger partial charge in [-0.15, -0.1) is 24.8 Å². The van der Waals surface area contributed by atoms with E-state index in [9.17, 15) is 9.18 Å². The Balaban J connectivity index is 0.00000300. The first kappa shape index (κ1) is 38.2. The molecule has 0 aliphatic heterocycles. The Kier molecular flexibility index (Phi) is 14.0. The normalized spacial score (nSPS) is 17.1. The summed E-state index contributed by atoms with van der Waals surface area (Å²) in [5, 5.41) is 0. The fourth-order valence-electron chi connectivity index (χ4n) is 7.16. The second-order valence-corrected chi connectivity index (χ2v) is 12.7. The van der Waals surface area contributed by atoms with Crippen molar-refractivity contribution < 1.29 is 18.7 Å². The predicted molar refractivity (Wildman–Crippen MR) is 192 cm³/mol. The van der Waals surface area contributed by atoms with Crippen LogP contribution in [0.25, 0.3) is 22.5 Å². The summed E-state index contributed by atoms with van der Waals surface area (Å²) < 4.78 is 27.8. The molecule has 9 heteroatoms. The van der Waals surface area contributed by atoms with E-state index in [1.165, 1.54) is 13.2 Å². The lowest BCUT2D eigenvalue weighted by molar-refractivity contribution is -0.172. The van der Waals surface area contributed by atoms with Crippen LogP contribution in [0.1, 0.15) is 56.0 Å². The van der Waals surface area contributed by atoms with Gasteiger partial charge in [-0.25, -0.2) is 14.2 Å². The van der Waals surface area contributed by atoms with Crippen molar-refractivity contribution in [1.29, 1.82) is 0 Å². The van der Waals surface area contributed by atoms with Crippen LogP contribution in [0.3, 0.4) is 0 Å². The molecule has 3 aromatic carbocycles.